The van der Waals surface area contributed by atoms with E-state index in [-0.39, 0.29) is 11.6 Å². The maximum absolute atomic E-state index is 13.2. The lowest BCUT2D eigenvalue weighted by Gasteiger charge is -2.23. The molecule has 2 saturated heterocycles. The first-order valence-electron chi connectivity index (χ1n) is 9.27. The van der Waals surface area contributed by atoms with Crippen molar-refractivity contribution in [1.82, 2.24) is 9.88 Å². The standard InChI is InChI=1S/C20H15ClF6N2O2/c1-9-2-3-13(21)16(28-9)14-4-5-15-17(31-18(30)29(14)15)10-6-11(19(22,23)24)8-12(7-10)20(25,26)27/h2-3,6-8,14-15,17H,4-5H2,1H3/t14-,15-,17+/m0/s1. The molecule has 4 nitrogen and oxygen atoms in total. The number of benzene rings is 1. The molecular formula is C20H15ClF6N2O2. The van der Waals surface area contributed by atoms with Gasteiger partial charge in [0.25, 0.3) is 0 Å². The van der Waals surface area contributed by atoms with E-state index in [1.54, 1.807) is 19.1 Å². The Hall–Kier alpha value is -2.49. The molecule has 0 spiro atoms. The third-order valence-corrected chi connectivity index (χ3v) is 5.80. The lowest BCUT2D eigenvalue weighted by atomic mass is 9.96. The van der Waals surface area contributed by atoms with Crippen LogP contribution in [0.2, 0.25) is 5.02 Å². The minimum absolute atomic E-state index is 0.0476. The van der Waals surface area contributed by atoms with Crippen LogP contribution in [0.15, 0.2) is 30.3 Å². The fourth-order valence-corrected chi connectivity index (χ4v) is 4.37. The molecule has 1 aromatic heterocycles. The number of rotatable bonds is 2. The Morgan fingerprint density at radius 3 is 2.23 bits per heavy atom. The second kappa shape index (κ2) is 7.29. The van der Waals surface area contributed by atoms with E-state index in [0.29, 0.717) is 41.4 Å². The number of alkyl halides is 6. The normalized spacial score (nSPS) is 23.8. The molecule has 0 aliphatic carbocycles. The molecule has 166 valence electrons. The fourth-order valence-electron chi connectivity index (χ4n) is 4.14. The van der Waals surface area contributed by atoms with E-state index < -0.39 is 47.8 Å². The van der Waals surface area contributed by atoms with Crippen LogP contribution in [-0.4, -0.2) is 22.0 Å². The van der Waals surface area contributed by atoms with E-state index in [2.05, 4.69) is 4.98 Å². The van der Waals surface area contributed by atoms with Gasteiger partial charge in [0.2, 0.25) is 0 Å². The largest absolute Gasteiger partial charge is 0.439 e. The number of hydrogen-bond donors (Lipinski definition) is 0. The van der Waals surface area contributed by atoms with Crippen molar-refractivity contribution in [2.45, 2.75) is 50.3 Å². The van der Waals surface area contributed by atoms with Crippen LogP contribution in [0.25, 0.3) is 0 Å². The summed E-state index contributed by atoms with van der Waals surface area (Å²) in [7, 11) is 0. The number of amides is 1. The van der Waals surface area contributed by atoms with E-state index in [1.165, 1.54) is 4.90 Å². The third-order valence-electron chi connectivity index (χ3n) is 5.48. The van der Waals surface area contributed by atoms with Gasteiger partial charge >= 0.3 is 18.4 Å². The molecule has 0 saturated carbocycles. The van der Waals surface area contributed by atoms with Crippen LogP contribution in [-0.2, 0) is 17.1 Å². The molecule has 1 amide bonds. The second-order valence-corrected chi connectivity index (χ2v) is 7.94. The molecule has 0 radical (unpaired) electrons. The minimum atomic E-state index is -4.99. The Balaban J connectivity index is 1.73. The molecule has 4 rings (SSSR count). The molecule has 2 aliphatic heterocycles. The van der Waals surface area contributed by atoms with Crippen molar-refractivity contribution in [3.63, 3.8) is 0 Å². The van der Waals surface area contributed by atoms with Gasteiger partial charge in [-0.25, -0.2) is 4.79 Å². The first-order valence-corrected chi connectivity index (χ1v) is 9.65. The lowest BCUT2D eigenvalue weighted by Crippen LogP contribution is -2.31. The van der Waals surface area contributed by atoms with Gasteiger partial charge in [0, 0.05) is 5.69 Å². The van der Waals surface area contributed by atoms with Gasteiger partial charge in [-0.15, -0.1) is 0 Å². The average Bonchev–Trinajstić information content (AvgIpc) is 3.23. The second-order valence-electron chi connectivity index (χ2n) is 7.53. The fraction of sp³-hybridized carbons (Fsp3) is 0.400. The Morgan fingerprint density at radius 1 is 1.03 bits per heavy atom. The first-order chi connectivity index (χ1) is 14.4. The smallest absolute Gasteiger partial charge is 0.416 e. The van der Waals surface area contributed by atoms with Gasteiger partial charge in [-0.2, -0.15) is 26.3 Å². The molecule has 11 heteroatoms. The number of ether oxygens (including phenoxy) is 1. The Kier molecular flexibility index (Phi) is 5.11. The topological polar surface area (TPSA) is 42.4 Å². The quantitative estimate of drug-likeness (QED) is 0.478. The molecule has 0 unspecified atom stereocenters. The first kappa shape index (κ1) is 21.7. The monoisotopic (exact) mass is 464 g/mol. The Labute approximate surface area is 177 Å². The number of pyridine rings is 1. The number of hydrogen-bond acceptors (Lipinski definition) is 3. The number of carbonyl (C=O) groups excluding carboxylic acids is 1. The van der Waals surface area contributed by atoms with E-state index >= 15 is 0 Å². The summed E-state index contributed by atoms with van der Waals surface area (Å²) in [5.41, 5.74) is -2.19. The van der Waals surface area contributed by atoms with Gasteiger partial charge in [-0.1, -0.05) is 11.6 Å². The number of aromatic nitrogens is 1. The van der Waals surface area contributed by atoms with Crippen molar-refractivity contribution in [2.75, 3.05) is 0 Å². The highest BCUT2D eigenvalue weighted by atomic mass is 35.5. The van der Waals surface area contributed by atoms with E-state index in [9.17, 15) is 31.1 Å². The molecule has 0 bridgehead atoms. The molecule has 2 aromatic rings. The predicted octanol–water partition coefficient (Wildman–Crippen LogP) is 6.48. The number of fused-ring (bicyclic) bond motifs is 1. The summed E-state index contributed by atoms with van der Waals surface area (Å²) in [6.45, 7) is 1.73. The van der Waals surface area contributed by atoms with Crippen molar-refractivity contribution in [3.05, 3.63) is 63.4 Å². The summed E-state index contributed by atoms with van der Waals surface area (Å²) in [5.74, 6) is 0. The van der Waals surface area contributed by atoms with Crippen molar-refractivity contribution >= 4 is 17.7 Å². The van der Waals surface area contributed by atoms with Crippen LogP contribution < -0.4 is 0 Å². The lowest BCUT2D eigenvalue weighted by molar-refractivity contribution is -0.143. The number of nitrogens with zero attached hydrogens (tertiary/aromatic N) is 2. The summed E-state index contributed by atoms with van der Waals surface area (Å²) in [4.78, 5) is 18.2. The molecular weight excluding hydrogens is 450 g/mol. The summed E-state index contributed by atoms with van der Waals surface area (Å²) < 4.78 is 84.6. The van der Waals surface area contributed by atoms with E-state index in [1.807, 2.05) is 0 Å². The van der Waals surface area contributed by atoms with Gasteiger partial charge in [0.15, 0.2) is 0 Å². The van der Waals surface area contributed by atoms with Gasteiger partial charge in [0.1, 0.15) is 6.10 Å². The summed E-state index contributed by atoms with van der Waals surface area (Å²) in [5, 5.41) is 0.311. The van der Waals surface area contributed by atoms with E-state index in [0.717, 1.165) is 0 Å². The highest BCUT2D eigenvalue weighted by Crippen LogP contribution is 2.49. The zero-order chi connectivity index (χ0) is 22.7. The maximum Gasteiger partial charge on any atom is 0.416 e. The molecule has 2 fully saturated rings. The highest BCUT2D eigenvalue weighted by Gasteiger charge is 2.52. The number of aryl methyl sites for hydroxylation is 1. The van der Waals surface area contributed by atoms with Crippen LogP contribution in [0, 0.1) is 6.92 Å². The Bertz CT molecular complexity index is 1010. The van der Waals surface area contributed by atoms with Crippen LogP contribution in [0.5, 0.6) is 0 Å². The highest BCUT2D eigenvalue weighted by molar-refractivity contribution is 6.31. The molecule has 0 N–H and O–H groups in total. The van der Waals surface area contributed by atoms with E-state index in [4.69, 9.17) is 16.3 Å². The van der Waals surface area contributed by atoms with Crippen molar-refractivity contribution in [3.8, 4) is 0 Å². The average molecular weight is 465 g/mol. The zero-order valence-corrected chi connectivity index (χ0v) is 16.6. The van der Waals surface area contributed by atoms with Gasteiger partial charge in [-0.05, 0) is 55.7 Å². The molecule has 3 atom stereocenters. The SMILES string of the molecule is Cc1ccc(Cl)c([C@@H]2CC[C@H]3[C@@H](c4cc(C(F)(F)F)cc(C(F)(F)F)c4)OC(=O)N23)n1. The Morgan fingerprint density at radius 2 is 1.65 bits per heavy atom. The molecule has 3 heterocycles. The van der Waals surface area contributed by atoms with Gasteiger partial charge in [-0.3, -0.25) is 9.88 Å². The van der Waals surface area contributed by atoms with Crippen LogP contribution in [0.3, 0.4) is 0 Å². The molecule has 31 heavy (non-hydrogen) atoms. The van der Waals surface area contributed by atoms with Crippen LogP contribution in [0.4, 0.5) is 31.1 Å². The van der Waals surface area contributed by atoms with Crippen LogP contribution >= 0.6 is 11.6 Å². The van der Waals surface area contributed by atoms with Gasteiger partial charge < -0.3 is 4.74 Å². The summed E-state index contributed by atoms with van der Waals surface area (Å²) in [6.07, 6.45) is -11.4. The maximum atomic E-state index is 13.2. The predicted molar refractivity (Wildman–Crippen MR) is 97.3 cm³/mol. The molecule has 1 aromatic carbocycles. The number of halogens is 7. The van der Waals surface area contributed by atoms with Crippen molar-refractivity contribution < 1.29 is 35.9 Å². The number of cyclic esters (lactones) is 1. The number of carbonyl (C=O) groups is 1. The van der Waals surface area contributed by atoms with Crippen LogP contribution in [0.1, 0.15) is 53.1 Å². The van der Waals surface area contributed by atoms with Crippen molar-refractivity contribution in [1.29, 1.82) is 0 Å². The van der Waals surface area contributed by atoms with Gasteiger partial charge in [0.05, 0.1) is 33.9 Å². The summed E-state index contributed by atoms with van der Waals surface area (Å²) >= 11 is 6.22. The third kappa shape index (κ3) is 3.93. The van der Waals surface area contributed by atoms with Crippen molar-refractivity contribution in [2.24, 2.45) is 0 Å². The molecule has 2 aliphatic rings. The minimum Gasteiger partial charge on any atom is -0.439 e. The zero-order valence-electron chi connectivity index (χ0n) is 15.9. The summed E-state index contributed by atoms with van der Waals surface area (Å²) in [6, 6.07) is 3.23.